The van der Waals surface area contributed by atoms with Gasteiger partial charge in [0.15, 0.2) is 12.6 Å². The van der Waals surface area contributed by atoms with Gasteiger partial charge in [-0.2, -0.15) is 0 Å². The maximum absolute atomic E-state index is 9.37. The first-order valence-electron chi connectivity index (χ1n) is 12.8. The molecule has 0 atom stereocenters. The number of aliphatic hydroxyl groups excluding tert-OH is 3. The Labute approximate surface area is 215 Å². The lowest BCUT2D eigenvalue weighted by molar-refractivity contribution is -0.337. The van der Waals surface area contributed by atoms with Gasteiger partial charge in [0.25, 0.3) is 0 Å². The van der Waals surface area contributed by atoms with E-state index < -0.39 is 23.4 Å². The summed E-state index contributed by atoms with van der Waals surface area (Å²) >= 11 is 0. The first-order chi connectivity index (χ1) is 17.1. The Morgan fingerprint density at radius 1 is 0.750 bits per heavy atom. The molecule has 0 amide bonds. The highest BCUT2D eigenvalue weighted by Crippen LogP contribution is 2.38. The molecule has 0 saturated carbocycles. The topological polar surface area (TPSA) is 116 Å². The second-order valence-electron chi connectivity index (χ2n) is 10.9. The average Bonchev–Trinajstić information content (AvgIpc) is 2.89. The van der Waals surface area contributed by atoms with Gasteiger partial charge in [-0.1, -0.05) is 41.0 Å². The minimum Gasteiger partial charge on any atom is -0.494 e. The lowest BCUT2D eigenvalue weighted by Crippen LogP contribution is -2.56. The molecule has 0 bridgehead atoms. The summed E-state index contributed by atoms with van der Waals surface area (Å²) in [6.45, 7) is 12.8. The molecule has 3 N–H and O–H groups in total. The van der Waals surface area contributed by atoms with Crippen molar-refractivity contribution in [2.75, 3.05) is 59.5 Å². The van der Waals surface area contributed by atoms with E-state index in [1.165, 1.54) is 0 Å². The molecule has 2 aliphatic rings. The summed E-state index contributed by atoms with van der Waals surface area (Å²) in [6, 6.07) is 7.44. The van der Waals surface area contributed by atoms with Crippen LogP contribution in [0.15, 0.2) is 24.3 Å². The van der Waals surface area contributed by atoms with Gasteiger partial charge in [-0.25, -0.2) is 0 Å². The molecule has 2 fully saturated rings. The van der Waals surface area contributed by atoms with Gasteiger partial charge in [-0.15, -0.1) is 0 Å². The molecule has 0 unspecified atom stereocenters. The van der Waals surface area contributed by atoms with Gasteiger partial charge in [-0.3, -0.25) is 0 Å². The van der Waals surface area contributed by atoms with Gasteiger partial charge < -0.3 is 43.7 Å². The van der Waals surface area contributed by atoms with E-state index in [0.717, 1.165) is 30.9 Å². The molecular weight excluding hydrogens is 468 g/mol. The molecule has 0 aromatic heterocycles. The van der Waals surface area contributed by atoms with Gasteiger partial charge >= 0.3 is 0 Å². The molecule has 3 rings (SSSR count). The van der Waals surface area contributed by atoms with Crippen LogP contribution in [0.4, 0.5) is 0 Å². The van der Waals surface area contributed by atoms with E-state index in [0.29, 0.717) is 33.0 Å². The third kappa shape index (κ3) is 9.13. The Morgan fingerprint density at radius 3 is 1.47 bits per heavy atom. The van der Waals surface area contributed by atoms with Crippen LogP contribution >= 0.6 is 0 Å². The molecule has 1 aromatic carbocycles. The van der Waals surface area contributed by atoms with Crippen LogP contribution in [-0.2, 0) is 18.9 Å². The molecule has 2 saturated heterocycles. The third-order valence-electron chi connectivity index (χ3n) is 6.21. The first-order valence-corrected chi connectivity index (χ1v) is 12.8. The Balaban J connectivity index is 0.000000269. The van der Waals surface area contributed by atoms with Crippen LogP contribution in [0.5, 0.6) is 11.5 Å². The van der Waals surface area contributed by atoms with Crippen LogP contribution in [0.25, 0.3) is 0 Å². The number of hydrogen-bond donors (Lipinski definition) is 3. The van der Waals surface area contributed by atoms with Gasteiger partial charge in [0.1, 0.15) is 18.1 Å². The monoisotopic (exact) mass is 514 g/mol. The highest BCUT2D eigenvalue weighted by molar-refractivity contribution is 5.31. The van der Waals surface area contributed by atoms with E-state index in [1.807, 2.05) is 52.0 Å². The predicted molar refractivity (Wildman–Crippen MR) is 135 cm³/mol. The third-order valence-corrected chi connectivity index (χ3v) is 6.21. The zero-order chi connectivity index (χ0) is 26.7. The standard InChI is InChI=1S/C15H28O6.C12H18O3/c1-13(2,5-16)11-18-7-15(8-19-11)9-20-12(21-10-15)14(3,4)6-17;1-2-3-9-14-11-4-6-12(7-5-11)15-10-8-13/h11-12,16-17H,5-10H2,1-4H3;4-7,13H,2-3,8-10H2,1H3. The molecule has 9 nitrogen and oxygen atoms in total. The van der Waals surface area contributed by atoms with E-state index in [2.05, 4.69) is 6.92 Å². The van der Waals surface area contributed by atoms with Crippen molar-refractivity contribution < 1.29 is 43.7 Å². The molecule has 2 heterocycles. The SMILES string of the molecule is CC(C)(CO)C1OCC2(CO1)COC(C(C)(C)CO)OC2.CCCCOc1ccc(OCCO)cc1. The molecule has 0 radical (unpaired) electrons. The van der Waals surface area contributed by atoms with Crippen LogP contribution in [0.2, 0.25) is 0 Å². The molecule has 2 aliphatic heterocycles. The van der Waals surface area contributed by atoms with Crippen LogP contribution in [0.3, 0.4) is 0 Å². The molecular formula is C27H46O9. The van der Waals surface area contributed by atoms with Crippen molar-refractivity contribution >= 4 is 0 Å². The van der Waals surface area contributed by atoms with Crippen molar-refractivity contribution in [3.05, 3.63) is 24.3 Å². The smallest absolute Gasteiger partial charge is 0.164 e. The van der Waals surface area contributed by atoms with Crippen molar-refractivity contribution in [3.8, 4) is 11.5 Å². The summed E-state index contributed by atoms with van der Waals surface area (Å²) < 4.78 is 33.9. The summed E-state index contributed by atoms with van der Waals surface area (Å²) in [5.41, 5.74) is -1.16. The number of ether oxygens (including phenoxy) is 6. The van der Waals surface area contributed by atoms with Crippen molar-refractivity contribution in [2.24, 2.45) is 16.2 Å². The Hall–Kier alpha value is -1.46. The van der Waals surface area contributed by atoms with E-state index in [1.54, 1.807) is 0 Å². The lowest BCUT2D eigenvalue weighted by Gasteiger charge is -2.48. The van der Waals surface area contributed by atoms with Crippen molar-refractivity contribution in [1.82, 2.24) is 0 Å². The molecule has 1 spiro atoms. The Morgan fingerprint density at radius 2 is 1.14 bits per heavy atom. The van der Waals surface area contributed by atoms with E-state index in [-0.39, 0.29) is 25.2 Å². The maximum atomic E-state index is 9.37. The van der Waals surface area contributed by atoms with Gasteiger partial charge in [0.05, 0.1) is 58.3 Å². The molecule has 1 aromatic rings. The number of unbranched alkanes of at least 4 members (excludes halogenated alkanes) is 1. The fraction of sp³-hybridized carbons (Fsp3) is 0.778. The maximum Gasteiger partial charge on any atom is 0.164 e. The fourth-order valence-electron chi connectivity index (χ4n) is 3.54. The highest BCUT2D eigenvalue weighted by Gasteiger charge is 2.47. The number of hydrogen-bond acceptors (Lipinski definition) is 9. The quantitative estimate of drug-likeness (QED) is 0.383. The van der Waals surface area contributed by atoms with E-state index in [9.17, 15) is 10.2 Å². The lowest BCUT2D eigenvalue weighted by atomic mass is 9.86. The molecule has 0 aliphatic carbocycles. The Bertz CT molecular complexity index is 682. The molecule has 36 heavy (non-hydrogen) atoms. The normalized spacial score (nSPS) is 24.7. The summed E-state index contributed by atoms with van der Waals surface area (Å²) in [5, 5.41) is 27.3. The van der Waals surface area contributed by atoms with Crippen molar-refractivity contribution in [1.29, 1.82) is 0 Å². The second-order valence-corrected chi connectivity index (χ2v) is 10.9. The van der Waals surface area contributed by atoms with E-state index in [4.69, 9.17) is 33.5 Å². The summed E-state index contributed by atoms with van der Waals surface area (Å²) in [6.07, 6.45) is 1.37. The first kappa shape index (κ1) is 30.8. The minimum absolute atomic E-state index is 0.00440. The fourth-order valence-corrected chi connectivity index (χ4v) is 3.54. The minimum atomic E-state index is -0.431. The van der Waals surface area contributed by atoms with Gasteiger partial charge in [0.2, 0.25) is 0 Å². The van der Waals surface area contributed by atoms with Crippen LogP contribution in [0, 0.1) is 16.2 Å². The zero-order valence-corrected chi connectivity index (χ0v) is 22.5. The summed E-state index contributed by atoms with van der Waals surface area (Å²) in [7, 11) is 0. The van der Waals surface area contributed by atoms with Crippen molar-refractivity contribution in [2.45, 2.75) is 60.0 Å². The van der Waals surface area contributed by atoms with Crippen LogP contribution < -0.4 is 9.47 Å². The largest absolute Gasteiger partial charge is 0.494 e. The van der Waals surface area contributed by atoms with Crippen LogP contribution in [-0.4, -0.2) is 87.4 Å². The number of rotatable bonds is 11. The summed E-state index contributed by atoms with van der Waals surface area (Å²) in [4.78, 5) is 0. The van der Waals surface area contributed by atoms with Gasteiger partial charge in [-0.05, 0) is 30.7 Å². The van der Waals surface area contributed by atoms with Crippen molar-refractivity contribution in [3.63, 3.8) is 0 Å². The number of aliphatic hydroxyl groups is 3. The summed E-state index contributed by atoms with van der Waals surface area (Å²) in [5.74, 6) is 1.62. The zero-order valence-electron chi connectivity index (χ0n) is 22.5. The average molecular weight is 515 g/mol. The molecule has 9 heteroatoms. The number of benzene rings is 1. The Kier molecular flexibility index (Phi) is 12.4. The second kappa shape index (κ2) is 14.5. The van der Waals surface area contributed by atoms with Crippen LogP contribution in [0.1, 0.15) is 47.5 Å². The predicted octanol–water partition coefficient (Wildman–Crippen LogP) is 2.99. The molecule has 208 valence electrons. The van der Waals surface area contributed by atoms with E-state index >= 15 is 0 Å². The highest BCUT2D eigenvalue weighted by atomic mass is 16.7. The van der Waals surface area contributed by atoms with Gasteiger partial charge in [0, 0.05) is 10.8 Å².